The van der Waals surface area contributed by atoms with Gasteiger partial charge in [0, 0.05) is 48.4 Å². The van der Waals surface area contributed by atoms with Gasteiger partial charge in [0.25, 0.3) is 5.91 Å². The Balaban J connectivity index is 1.45. The molecule has 3 amide bonds. The van der Waals surface area contributed by atoms with Gasteiger partial charge < -0.3 is 34.4 Å². The number of cyclic esters (lactones) is 1. The maximum absolute atomic E-state index is 15.0. The van der Waals surface area contributed by atoms with Crippen molar-refractivity contribution in [2.24, 2.45) is 11.8 Å². The molecule has 6 rings (SSSR count). The minimum atomic E-state index is -1.45. The highest BCUT2D eigenvalue weighted by Gasteiger charge is 2.75. The van der Waals surface area contributed by atoms with Crippen LogP contribution in [0.1, 0.15) is 50.2 Å². The molecule has 4 aliphatic heterocycles. The Morgan fingerprint density at radius 1 is 0.980 bits per heavy atom. The van der Waals surface area contributed by atoms with E-state index < -0.39 is 47.7 Å². The SMILES string of the molecule is COC[C@H]1NC(=O)CC/C=C\CN(c2ccc(Cl)cc2)C(=O)[C@@H]2N(CCCCCCO)C(=O)[C@H]3[C@H](C(=O)O[C@@H]1c1ccccc1)[C@H]1O[C@@]23C=C1Br. The first-order valence-electron chi connectivity index (χ1n) is 17.4. The van der Waals surface area contributed by atoms with E-state index in [4.69, 9.17) is 25.8 Å². The van der Waals surface area contributed by atoms with Crippen molar-refractivity contribution in [3.63, 3.8) is 0 Å². The molecular formula is C38H43BrClN3O8. The first kappa shape index (κ1) is 37.2. The van der Waals surface area contributed by atoms with Crippen molar-refractivity contribution >= 4 is 56.9 Å². The second-order valence-electron chi connectivity index (χ2n) is 13.3. The molecular weight excluding hydrogens is 742 g/mol. The van der Waals surface area contributed by atoms with E-state index in [-0.39, 0.29) is 50.4 Å². The molecule has 1 spiro atoms. The number of hydrogen-bond acceptors (Lipinski definition) is 8. The molecule has 0 radical (unpaired) electrons. The number of aliphatic hydroxyl groups is 1. The van der Waals surface area contributed by atoms with Gasteiger partial charge in [0.2, 0.25) is 11.8 Å². The number of nitrogens with zero attached hydrogens (tertiary/aromatic N) is 2. The maximum Gasteiger partial charge on any atom is 0.313 e. The summed E-state index contributed by atoms with van der Waals surface area (Å²) in [5.74, 6) is -3.77. The molecule has 0 aliphatic carbocycles. The van der Waals surface area contributed by atoms with Gasteiger partial charge in [-0.1, -0.05) is 82.9 Å². The first-order chi connectivity index (χ1) is 24.7. The molecule has 2 aromatic rings. The van der Waals surface area contributed by atoms with Crippen LogP contribution in [0.5, 0.6) is 0 Å². The fourth-order valence-electron chi connectivity index (χ4n) is 7.75. The van der Waals surface area contributed by atoms with E-state index in [2.05, 4.69) is 21.2 Å². The number of esters is 1. The summed E-state index contributed by atoms with van der Waals surface area (Å²) in [7, 11) is 1.51. The van der Waals surface area contributed by atoms with E-state index in [1.165, 1.54) is 7.11 Å². The fourth-order valence-corrected chi connectivity index (χ4v) is 8.61. The molecule has 2 aromatic carbocycles. The van der Waals surface area contributed by atoms with Crippen LogP contribution in [0.4, 0.5) is 5.69 Å². The Morgan fingerprint density at radius 3 is 2.45 bits per heavy atom. The number of fused-ring (bicyclic) bond motifs is 2. The van der Waals surface area contributed by atoms with Crippen LogP contribution in [0.15, 0.2) is 77.3 Å². The van der Waals surface area contributed by atoms with E-state index >= 15 is 4.79 Å². The largest absolute Gasteiger partial charge is 0.455 e. The third kappa shape index (κ3) is 7.52. The fraction of sp³-hybridized carbons (Fsp3) is 0.474. The lowest BCUT2D eigenvalue weighted by Crippen LogP contribution is -2.56. The maximum atomic E-state index is 15.0. The summed E-state index contributed by atoms with van der Waals surface area (Å²) < 4.78 is 19.0. The van der Waals surface area contributed by atoms with Crippen molar-refractivity contribution in [1.29, 1.82) is 0 Å². The molecule has 4 aliphatic rings. The second kappa shape index (κ2) is 16.4. The highest BCUT2D eigenvalue weighted by atomic mass is 79.9. The zero-order valence-corrected chi connectivity index (χ0v) is 30.8. The van der Waals surface area contributed by atoms with Gasteiger partial charge in [-0.15, -0.1) is 0 Å². The average Bonchev–Trinajstić information content (AvgIpc) is 3.71. The van der Waals surface area contributed by atoms with Gasteiger partial charge in [0.05, 0.1) is 18.6 Å². The smallest absolute Gasteiger partial charge is 0.313 e. The van der Waals surface area contributed by atoms with Gasteiger partial charge in [-0.25, -0.2) is 0 Å². The van der Waals surface area contributed by atoms with Crippen LogP contribution in [-0.4, -0.2) is 90.9 Å². The Bertz CT molecular complexity index is 1660. The Hall–Kier alpha value is -3.55. The molecule has 4 heterocycles. The number of carbonyl (C=O) groups is 4. The van der Waals surface area contributed by atoms with Crippen molar-refractivity contribution in [3.05, 3.63) is 87.9 Å². The quantitative estimate of drug-likeness (QED) is 0.198. The summed E-state index contributed by atoms with van der Waals surface area (Å²) in [4.78, 5) is 60.6. The Kier molecular flexibility index (Phi) is 12.0. The van der Waals surface area contributed by atoms with Crippen molar-refractivity contribution in [1.82, 2.24) is 10.2 Å². The number of amides is 3. The highest BCUT2D eigenvalue weighted by molar-refractivity contribution is 9.11. The van der Waals surface area contributed by atoms with Crippen molar-refractivity contribution in [2.45, 2.75) is 68.4 Å². The van der Waals surface area contributed by atoms with E-state index in [0.29, 0.717) is 40.0 Å². The second-order valence-corrected chi connectivity index (χ2v) is 14.7. The molecule has 0 aromatic heterocycles. The molecule has 11 nitrogen and oxygen atoms in total. The minimum absolute atomic E-state index is 0.0611. The monoisotopic (exact) mass is 783 g/mol. The number of likely N-dealkylation sites (tertiary alicyclic amines) is 1. The Morgan fingerprint density at radius 2 is 1.73 bits per heavy atom. The minimum Gasteiger partial charge on any atom is -0.455 e. The summed E-state index contributed by atoms with van der Waals surface area (Å²) >= 11 is 9.84. The Labute approximate surface area is 311 Å². The van der Waals surface area contributed by atoms with E-state index in [1.54, 1.807) is 40.1 Å². The van der Waals surface area contributed by atoms with Crippen molar-refractivity contribution in [2.75, 3.05) is 38.3 Å². The molecule has 2 N–H and O–H groups in total. The summed E-state index contributed by atoms with van der Waals surface area (Å²) in [5, 5.41) is 12.8. The number of aliphatic hydroxyl groups excluding tert-OH is 1. The molecule has 272 valence electrons. The molecule has 2 fully saturated rings. The third-order valence-corrected chi connectivity index (χ3v) is 11.0. The molecule has 2 saturated heterocycles. The lowest BCUT2D eigenvalue weighted by atomic mass is 9.74. The lowest BCUT2D eigenvalue weighted by Gasteiger charge is -2.36. The summed E-state index contributed by atoms with van der Waals surface area (Å²) in [5.41, 5.74) is -0.232. The topological polar surface area (TPSA) is 135 Å². The molecule has 51 heavy (non-hydrogen) atoms. The van der Waals surface area contributed by atoms with E-state index in [9.17, 15) is 19.5 Å². The average molecular weight is 785 g/mol. The number of benzene rings is 2. The van der Waals surface area contributed by atoms with Gasteiger partial charge in [0.15, 0.2) is 0 Å². The predicted octanol–water partition coefficient (Wildman–Crippen LogP) is 4.86. The molecule has 13 heteroatoms. The van der Waals surface area contributed by atoms with Gasteiger partial charge in [-0.3, -0.25) is 19.2 Å². The number of ether oxygens (including phenoxy) is 3. The summed E-state index contributed by atoms with van der Waals surface area (Å²) in [6.45, 7) is 0.555. The van der Waals surface area contributed by atoms with Gasteiger partial charge in [0.1, 0.15) is 29.8 Å². The summed E-state index contributed by atoms with van der Waals surface area (Å²) in [6, 6.07) is 14.2. The van der Waals surface area contributed by atoms with Crippen LogP contribution in [0, 0.1) is 11.8 Å². The van der Waals surface area contributed by atoms with Gasteiger partial charge in [-0.2, -0.15) is 0 Å². The number of anilines is 1. The first-order valence-corrected chi connectivity index (χ1v) is 18.6. The molecule has 0 saturated carbocycles. The number of hydrogen-bond donors (Lipinski definition) is 2. The number of rotatable bonds is 10. The number of nitrogens with one attached hydrogen (secondary N) is 1. The lowest BCUT2D eigenvalue weighted by molar-refractivity contribution is -0.162. The standard InChI is InChI=1S/C38H43BrClN3O8/c1-49-23-28-32(24-12-6-4-7-13-24)50-37(48)30-31-35(46)43(20-9-2-3-11-21-44)34(38(31)22-27(39)33(30)51-38)36(47)42(26-17-15-25(40)16-18-26)19-10-5-8-14-29(45)41-28/h4-7,10,12-13,15-18,22,28,30-34,44H,2-3,8-9,11,14,19-21,23H2,1H3,(H,41,45)/b10-5-/t28-,30+,31-,32-,33+,34+,38-/m1/s1. The van der Waals surface area contributed by atoms with Crippen LogP contribution in [-0.2, 0) is 33.4 Å². The predicted molar refractivity (Wildman–Crippen MR) is 194 cm³/mol. The van der Waals surface area contributed by atoms with E-state index in [0.717, 1.165) is 12.8 Å². The molecule has 0 unspecified atom stereocenters. The number of unbranched alkanes of at least 4 members (excludes halogenated alkanes) is 3. The number of allylic oxidation sites excluding steroid dienone is 1. The number of carbonyl (C=O) groups excluding carboxylic acids is 4. The molecule has 5 bridgehead atoms. The highest BCUT2D eigenvalue weighted by Crippen LogP contribution is 2.59. The third-order valence-electron chi connectivity index (χ3n) is 10.1. The number of methoxy groups -OCH3 is 1. The van der Waals surface area contributed by atoms with Crippen LogP contribution in [0.25, 0.3) is 0 Å². The van der Waals surface area contributed by atoms with Gasteiger partial charge in [-0.05, 0) is 55.2 Å². The zero-order valence-electron chi connectivity index (χ0n) is 28.4. The van der Waals surface area contributed by atoms with Crippen LogP contribution in [0.2, 0.25) is 5.02 Å². The molecule has 7 atom stereocenters. The van der Waals surface area contributed by atoms with E-state index in [1.807, 2.05) is 42.5 Å². The van der Waals surface area contributed by atoms with Crippen LogP contribution < -0.4 is 10.2 Å². The van der Waals surface area contributed by atoms with Crippen LogP contribution >= 0.6 is 27.5 Å². The van der Waals surface area contributed by atoms with Crippen molar-refractivity contribution in [3.8, 4) is 0 Å². The summed E-state index contributed by atoms with van der Waals surface area (Å²) in [6.07, 6.45) is 6.95. The van der Waals surface area contributed by atoms with Crippen LogP contribution in [0.3, 0.4) is 0 Å². The normalized spacial score (nSPS) is 30.2. The number of halogens is 2. The zero-order chi connectivity index (χ0) is 36.1. The van der Waals surface area contributed by atoms with Gasteiger partial charge >= 0.3 is 5.97 Å². The van der Waals surface area contributed by atoms with Crippen molar-refractivity contribution < 1.29 is 38.5 Å².